The van der Waals surface area contributed by atoms with Crippen molar-refractivity contribution in [3.63, 3.8) is 0 Å². The lowest BCUT2D eigenvalue weighted by Gasteiger charge is -2.12. The summed E-state index contributed by atoms with van der Waals surface area (Å²) in [6, 6.07) is 19.1. The van der Waals surface area contributed by atoms with E-state index < -0.39 is 0 Å². The number of aryl methyl sites for hydroxylation is 1. The molecule has 0 aliphatic carbocycles. The maximum atomic E-state index is 9.66. The molecule has 0 unspecified atom stereocenters. The molecule has 0 bridgehead atoms. The van der Waals surface area contributed by atoms with Gasteiger partial charge in [-0.3, -0.25) is 9.97 Å². The Morgan fingerprint density at radius 2 is 1.72 bits per heavy atom. The zero-order valence-electron chi connectivity index (χ0n) is 17.3. The zero-order valence-corrected chi connectivity index (χ0v) is 17.3. The van der Waals surface area contributed by atoms with Gasteiger partial charge in [-0.1, -0.05) is 24.3 Å². The van der Waals surface area contributed by atoms with E-state index in [-0.39, 0.29) is 5.82 Å². The van der Waals surface area contributed by atoms with Gasteiger partial charge in [0.25, 0.3) is 0 Å². The van der Waals surface area contributed by atoms with Gasteiger partial charge in [-0.05, 0) is 42.8 Å². The van der Waals surface area contributed by atoms with Gasteiger partial charge in [-0.15, -0.1) is 5.10 Å². The maximum absolute atomic E-state index is 9.66. The molecule has 4 heterocycles. The Hall–Kier alpha value is -4.64. The summed E-state index contributed by atoms with van der Waals surface area (Å²) in [4.78, 5) is 14.9. The van der Waals surface area contributed by atoms with Crippen molar-refractivity contribution in [3.8, 4) is 28.5 Å². The Morgan fingerprint density at radius 1 is 0.938 bits per heavy atom. The van der Waals surface area contributed by atoms with E-state index in [4.69, 9.17) is 10.8 Å². The normalized spacial score (nSPS) is 10.9. The second-order valence-electron chi connectivity index (χ2n) is 7.31. The molecule has 0 atom stereocenters. The van der Waals surface area contributed by atoms with Crippen molar-refractivity contribution in [2.75, 3.05) is 5.73 Å². The first kappa shape index (κ1) is 19.3. The minimum absolute atomic E-state index is 0.254. The molecule has 0 fully saturated rings. The Kier molecular flexibility index (Phi) is 4.76. The second kappa shape index (κ2) is 7.89. The SMILES string of the molecule is Cc1cccc(Cn2nc3c(N)nc(-c4ccccc4C#N)c(-c4ccncc4)c3n2)n1. The molecule has 4 aromatic heterocycles. The predicted octanol–water partition coefficient (Wildman–Crippen LogP) is 3.76. The molecular formula is C24H18N8. The summed E-state index contributed by atoms with van der Waals surface area (Å²) in [5.74, 6) is 0.254. The number of hydrogen-bond donors (Lipinski definition) is 1. The van der Waals surface area contributed by atoms with Crippen LogP contribution in [0.5, 0.6) is 0 Å². The van der Waals surface area contributed by atoms with E-state index in [1.165, 1.54) is 0 Å². The largest absolute Gasteiger partial charge is 0.382 e. The number of aromatic nitrogens is 6. The van der Waals surface area contributed by atoms with Crippen molar-refractivity contribution in [1.29, 1.82) is 5.26 Å². The zero-order chi connectivity index (χ0) is 22.1. The minimum atomic E-state index is 0.254. The third-order valence-electron chi connectivity index (χ3n) is 5.12. The molecule has 0 aliphatic rings. The van der Waals surface area contributed by atoms with Crippen LogP contribution in [0.3, 0.4) is 0 Å². The topological polar surface area (TPSA) is 119 Å². The molecule has 0 amide bonds. The van der Waals surface area contributed by atoms with Gasteiger partial charge >= 0.3 is 0 Å². The Morgan fingerprint density at radius 3 is 2.50 bits per heavy atom. The molecule has 0 spiro atoms. The monoisotopic (exact) mass is 418 g/mol. The molecule has 0 aliphatic heterocycles. The molecular weight excluding hydrogens is 400 g/mol. The van der Waals surface area contributed by atoms with Crippen LogP contribution in [0.2, 0.25) is 0 Å². The third kappa shape index (κ3) is 3.42. The number of fused-ring (bicyclic) bond motifs is 1. The molecule has 0 saturated heterocycles. The molecule has 2 N–H and O–H groups in total. The summed E-state index contributed by atoms with van der Waals surface area (Å²) in [6.07, 6.45) is 3.41. The van der Waals surface area contributed by atoms with Gasteiger partial charge in [0.15, 0.2) is 11.3 Å². The number of benzene rings is 1. The minimum Gasteiger partial charge on any atom is -0.382 e. The van der Waals surface area contributed by atoms with Crippen LogP contribution in [-0.4, -0.2) is 29.9 Å². The highest BCUT2D eigenvalue weighted by molar-refractivity contribution is 6.03. The van der Waals surface area contributed by atoms with E-state index in [0.717, 1.165) is 22.5 Å². The molecule has 32 heavy (non-hydrogen) atoms. The lowest BCUT2D eigenvalue weighted by atomic mass is 9.96. The summed E-state index contributed by atoms with van der Waals surface area (Å²) in [7, 11) is 0. The van der Waals surface area contributed by atoms with Crippen LogP contribution >= 0.6 is 0 Å². The Bertz CT molecular complexity index is 1480. The summed E-state index contributed by atoms with van der Waals surface area (Å²) >= 11 is 0. The summed E-state index contributed by atoms with van der Waals surface area (Å²) in [5, 5.41) is 19.0. The number of nitrogens with zero attached hydrogens (tertiary/aromatic N) is 7. The fourth-order valence-electron chi connectivity index (χ4n) is 3.71. The van der Waals surface area contributed by atoms with E-state index in [0.29, 0.717) is 34.4 Å². The van der Waals surface area contributed by atoms with Crippen molar-refractivity contribution in [3.05, 3.63) is 83.9 Å². The van der Waals surface area contributed by atoms with Crippen LogP contribution in [0.4, 0.5) is 5.82 Å². The number of nitrogens with two attached hydrogens (primary N) is 1. The molecule has 1 aromatic carbocycles. The first-order valence-corrected chi connectivity index (χ1v) is 10.0. The van der Waals surface area contributed by atoms with Gasteiger partial charge < -0.3 is 5.73 Å². The van der Waals surface area contributed by atoms with Gasteiger partial charge in [0.1, 0.15) is 12.1 Å². The van der Waals surface area contributed by atoms with E-state index in [1.807, 2.05) is 55.5 Å². The average molecular weight is 418 g/mol. The van der Waals surface area contributed by atoms with Crippen LogP contribution in [0.1, 0.15) is 17.0 Å². The maximum Gasteiger partial charge on any atom is 0.155 e. The molecule has 8 nitrogen and oxygen atoms in total. The van der Waals surface area contributed by atoms with Crippen LogP contribution < -0.4 is 5.73 Å². The molecule has 8 heteroatoms. The first-order chi connectivity index (χ1) is 15.6. The fourth-order valence-corrected chi connectivity index (χ4v) is 3.71. The lowest BCUT2D eigenvalue weighted by molar-refractivity contribution is 0.590. The van der Waals surface area contributed by atoms with Gasteiger partial charge in [-0.25, -0.2) is 4.98 Å². The van der Waals surface area contributed by atoms with Crippen molar-refractivity contribution < 1.29 is 0 Å². The average Bonchev–Trinajstić information content (AvgIpc) is 3.23. The Labute approximate surface area is 184 Å². The van der Waals surface area contributed by atoms with Crippen LogP contribution in [0, 0.1) is 18.3 Å². The fraction of sp³-hybridized carbons (Fsp3) is 0.0833. The summed E-state index contributed by atoms with van der Waals surface area (Å²) in [6.45, 7) is 2.34. The van der Waals surface area contributed by atoms with E-state index in [2.05, 4.69) is 26.1 Å². The number of pyridine rings is 3. The van der Waals surface area contributed by atoms with Crippen LogP contribution in [0.15, 0.2) is 67.0 Å². The van der Waals surface area contributed by atoms with Crippen molar-refractivity contribution >= 4 is 16.9 Å². The van der Waals surface area contributed by atoms with Crippen LogP contribution in [-0.2, 0) is 6.54 Å². The Balaban J connectivity index is 1.77. The predicted molar refractivity (Wildman–Crippen MR) is 121 cm³/mol. The second-order valence-corrected chi connectivity index (χ2v) is 7.31. The van der Waals surface area contributed by atoms with E-state index >= 15 is 0 Å². The molecule has 0 radical (unpaired) electrons. The van der Waals surface area contributed by atoms with Gasteiger partial charge in [0.2, 0.25) is 0 Å². The lowest BCUT2D eigenvalue weighted by Crippen LogP contribution is -2.05. The quantitative estimate of drug-likeness (QED) is 0.472. The van der Waals surface area contributed by atoms with Gasteiger partial charge in [-0.2, -0.15) is 15.2 Å². The number of nitrogen functional groups attached to an aromatic ring is 1. The third-order valence-corrected chi connectivity index (χ3v) is 5.12. The molecule has 154 valence electrons. The molecule has 0 saturated carbocycles. The van der Waals surface area contributed by atoms with Crippen molar-refractivity contribution in [1.82, 2.24) is 29.9 Å². The first-order valence-electron chi connectivity index (χ1n) is 10.0. The highest BCUT2D eigenvalue weighted by atomic mass is 15.5. The summed E-state index contributed by atoms with van der Waals surface area (Å²) in [5.41, 5.74) is 12.6. The van der Waals surface area contributed by atoms with Gasteiger partial charge in [0, 0.05) is 29.2 Å². The highest BCUT2D eigenvalue weighted by Crippen LogP contribution is 2.38. The highest BCUT2D eigenvalue weighted by Gasteiger charge is 2.22. The molecule has 5 rings (SSSR count). The van der Waals surface area contributed by atoms with Crippen molar-refractivity contribution in [2.24, 2.45) is 0 Å². The molecule has 5 aromatic rings. The number of rotatable bonds is 4. The van der Waals surface area contributed by atoms with Crippen molar-refractivity contribution in [2.45, 2.75) is 13.5 Å². The van der Waals surface area contributed by atoms with Gasteiger partial charge in [0.05, 0.1) is 23.0 Å². The number of anilines is 1. The van der Waals surface area contributed by atoms with E-state index in [1.54, 1.807) is 23.3 Å². The standard InChI is InChI=1S/C24H18N8/c1-15-5-4-7-18(28-15)14-32-30-22-20(16-9-11-27-12-10-16)21(29-24(26)23(22)31-32)19-8-3-2-6-17(19)13-25/h2-12H,14H2,1H3,(H2,26,29). The smallest absolute Gasteiger partial charge is 0.155 e. The summed E-state index contributed by atoms with van der Waals surface area (Å²) < 4.78 is 0. The number of hydrogen-bond acceptors (Lipinski definition) is 7. The number of nitriles is 1. The van der Waals surface area contributed by atoms with Crippen LogP contribution in [0.25, 0.3) is 33.4 Å². The van der Waals surface area contributed by atoms with E-state index in [9.17, 15) is 5.26 Å².